The Morgan fingerprint density at radius 3 is 2.37 bits per heavy atom. The first-order valence-electron chi connectivity index (χ1n) is 8.43. The van der Waals surface area contributed by atoms with Crippen molar-refractivity contribution in [2.45, 2.75) is 50.8 Å². The van der Waals surface area contributed by atoms with E-state index in [1.54, 1.807) is 19.1 Å². The summed E-state index contributed by atoms with van der Waals surface area (Å²) in [5, 5.41) is 10.7. The van der Waals surface area contributed by atoms with Gasteiger partial charge < -0.3 is 9.84 Å². The lowest BCUT2D eigenvalue weighted by atomic mass is 9.73. The lowest BCUT2D eigenvalue weighted by Gasteiger charge is -2.38. The molecule has 1 unspecified atom stereocenters. The van der Waals surface area contributed by atoms with E-state index in [-0.39, 0.29) is 17.0 Å². The molecular weight excluding hydrogens is 362 g/mol. The summed E-state index contributed by atoms with van der Waals surface area (Å²) in [6.45, 7) is 4.68. The highest BCUT2D eigenvalue weighted by atomic mass is 19.4. The third kappa shape index (κ3) is 4.58. The first-order valence-corrected chi connectivity index (χ1v) is 8.43. The monoisotopic (exact) mass is 385 g/mol. The zero-order valence-corrected chi connectivity index (χ0v) is 15.7. The number of aliphatic hydroxyl groups is 1. The van der Waals surface area contributed by atoms with Crippen molar-refractivity contribution >= 4 is 0 Å². The number of aromatic nitrogens is 1. The summed E-state index contributed by atoms with van der Waals surface area (Å²) in [7, 11) is 1.36. The molecule has 3 nitrogen and oxygen atoms in total. The number of benzene rings is 1. The summed E-state index contributed by atoms with van der Waals surface area (Å²) in [4.78, 5) is 3.98. The zero-order chi connectivity index (χ0) is 20.5. The van der Waals surface area contributed by atoms with Crippen LogP contribution >= 0.6 is 0 Å². The van der Waals surface area contributed by atoms with Gasteiger partial charge in [0.25, 0.3) is 0 Å². The molecule has 0 saturated carbocycles. The minimum atomic E-state index is -4.89. The molecule has 7 heteroatoms. The predicted molar refractivity (Wildman–Crippen MR) is 94.3 cm³/mol. The summed E-state index contributed by atoms with van der Waals surface area (Å²) in [6, 6.07) is 6.93. The van der Waals surface area contributed by atoms with Crippen LogP contribution in [0.15, 0.2) is 36.5 Å². The molecule has 0 aliphatic rings. The fourth-order valence-corrected chi connectivity index (χ4v) is 3.28. The third-order valence-electron chi connectivity index (χ3n) is 4.73. The summed E-state index contributed by atoms with van der Waals surface area (Å²) < 4.78 is 60.5. The second-order valence-corrected chi connectivity index (χ2v) is 7.38. The van der Waals surface area contributed by atoms with Crippen LogP contribution in [0.25, 0.3) is 0 Å². The normalized spacial score (nSPS) is 14.7. The molecule has 1 aromatic carbocycles. The van der Waals surface area contributed by atoms with Crippen molar-refractivity contribution in [2.75, 3.05) is 7.11 Å². The number of hydrogen-bond acceptors (Lipinski definition) is 3. The van der Waals surface area contributed by atoms with Crippen LogP contribution in [0.4, 0.5) is 17.6 Å². The molecule has 1 heterocycles. The molecule has 0 amide bonds. The van der Waals surface area contributed by atoms with Crippen LogP contribution in [0.5, 0.6) is 5.75 Å². The Labute approximate surface area is 156 Å². The molecule has 1 atom stereocenters. The number of alkyl halides is 3. The van der Waals surface area contributed by atoms with Gasteiger partial charge in [0.15, 0.2) is 5.60 Å². The van der Waals surface area contributed by atoms with E-state index in [0.29, 0.717) is 5.56 Å². The Balaban J connectivity index is 2.47. The van der Waals surface area contributed by atoms with Gasteiger partial charge in [0.1, 0.15) is 11.6 Å². The van der Waals surface area contributed by atoms with E-state index in [1.807, 2.05) is 0 Å². The van der Waals surface area contributed by atoms with Gasteiger partial charge in [-0.25, -0.2) is 4.39 Å². The second-order valence-electron chi connectivity index (χ2n) is 7.38. The summed E-state index contributed by atoms with van der Waals surface area (Å²) in [6.07, 6.45) is -4.88. The van der Waals surface area contributed by atoms with Crippen LogP contribution in [0, 0.1) is 12.7 Å². The smallest absolute Gasteiger partial charge is 0.417 e. The van der Waals surface area contributed by atoms with E-state index < -0.39 is 35.9 Å². The molecule has 0 bridgehead atoms. The number of rotatable bonds is 6. The topological polar surface area (TPSA) is 42.4 Å². The van der Waals surface area contributed by atoms with Gasteiger partial charge in [0.05, 0.1) is 7.11 Å². The molecule has 0 spiro atoms. The van der Waals surface area contributed by atoms with Crippen LogP contribution < -0.4 is 4.74 Å². The highest BCUT2D eigenvalue weighted by Crippen LogP contribution is 2.45. The number of aryl methyl sites for hydroxylation is 1. The lowest BCUT2D eigenvalue weighted by molar-refractivity contribution is -0.266. The lowest BCUT2D eigenvalue weighted by Crippen LogP contribution is -2.51. The van der Waals surface area contributed by atoms with Crippen molar-refractivity contribution in [1.82, 2.24) is 4.98 Å². The predicted octanol–water partition coefficient (Wildman–Crippen LogP) is 4.74. The maximum atomic E-state index is 13.8. The Morgan fingerprint density at radius 2 is 1.81 bits per heavy atom. The molecular formula is C20H23F4NO2. The van der Waals surface area contributed by atoms with Crippen LogP contribution in [-0.4, -0.2) is 29.0 Å². The van der Waals surface area contributed by atoms with E-state index in [9.17, 15) is 22.7 Å². The highest BCUT2D eigenvalue weighted by Gasteiger charge is 2.56. The molecule has 2 rings (SSSR count). The number of ether oxygens (including phenoxy) is 1. The Kier molecular flexibility index (Phi) is 5.85. The highest BCUT2D eigenvalue weighted by molar-refractivity contribution is 5.40. The van der Waals surface area contributed by atoms with Gasteiger partial charge in [-0.2, -0.15) is 13.2 Å². The van der Waals surface area contributed by atoms with Crippen molar-refractivity contribution < 1.29 is 27.4 Å². The summed E-state index contributed by atoms with van der Waals surface area (Å²) in [5.74, 6) is -0.324. The van der Waals surface area contributed by atoms with Gasteiger partial charge in [-0.05, 0) is 48.6 Å². The number of nitrogens with zero attached hydrogens (tertiary/aromatic N) is 1. The first kappa shape index (κ1) is 21.2. The molecule has 1 aromatic heterocycles. The Hall–Kier alpha value is -2.15. The molecule has 0 fully saturated rings. The maximum absolute atomic E-state index is 13.8. The number of hydrogen-bond donors (Lipinski definition) is 1. The molecule has 2 aromatic rings. The van der Waals surface area contributed by atoms with E-state index in [2.05, 4.69) is 4.98 Å². The standard InChI is InChI=1S/C20H23F4NO2/c1-13-6-5-9-25-16(13)11-19(26,20(22,23)24)12-18(2,3)15-10-14(21)7-8-17(15)27-4/h5-10,26H,11-12H2,1-4H3. The molecule has 0 aliphatic carbocycles. The summed E-state index contributed by atoms with van der Waals surface area (Å²) >= 11 is 0. The first-order chi connectivity index (χ1) is 12.4. The van der Waals surface area contributed by atoms with Crippen LogP contribution in [0.2, 0.25) is 0 Å². The molecule has 148 valence electrons. The van der Waals surface area contributed by atoms with Crippen molar-refractivity contribution in [1.29, 1.82) is 0 Å². The van der Waals surface area contributed by atoms with E-state index in [4.69, 9.17) is 4.74 Å². The SMILES string of the molecule is COc1ccc(F)cc1C(C)(C)CC(O)(Cc1ncccc1C)C(F)(F)F. The average molecular weight is 385 g/mol. The van der Waals surface area contributed by atoms with Gasteiger partial charge >= 0.3 is 6.18 Å². The van der Waals surface area contributed by atoms with Crippen LogP contribution in [0.1, 0.15) is 37.1 Å². The largest absolute Gasteiger partial charge is 0.496 e. The van der Waals surface area contributed by atoms with E-state index in [1.165, 1.54) is 39.3 Å². The molecule has 0 saturated heterocycles. The van der Waals surface area contributed by atoms with E-state index in [0.717, 1.165) is 6.07 Å². The molecule has 0 radical (unpaired) electrons. The van der Waals surface area contributed by atoms with Crippen molar-refractivity contribution in [3.63, 3.8) is 0 Å². The van der Waals surface area contributed by atoms with Crippen LogP contribution in [0.3, 0.4) is 0 Å². The molecule has 1 N–H and O–H groups in total. The zero-order valence-electron chi connectivity index (χ0n) is 15.7. The van der Waals surface area contributed by atoms with Gasteiger partial charge in [-0.15, -0.1) is 0 Å². The van der Waals surface area contributed by atoms with Crippen molar-refractivity contribution in [3.8, 4) is 5.75 Å². The third-order valence-corrected chi connectivity index (χ3v) is 4.73. The molecule has 0 aliphatic heterocycles. The Bertz CT molecular complexity index is 805. The number of halogens is 4. The minimum absolute atomic E-state index is 0.166. The van der Waals surface area contributed by atoms with Gasteiger partial charge in [0.2, 0.25) is 0 Å². The maximum Gasteiger partial charge on any atom is 0.417 e. The van der Waals surface area contributed by atoms with Gasteiger partial charge in [-0.3, -0.25) is 4.98 Å². The number of methoxy groups -OCH3 is 1. The van der Waals surface area contributed by atoms with Crippen molar-refractivity contribution in [3.05, 3.63) is 59.2 Å². The Morgan fingerprint density at radius 1 is 1.15 bits per heavy atom. The molecule has 27 heavy (non-hydrogen) atoms. The second kappa shape index (κ2) is 7.46. The average Bonchev–Trinajstić information content (AvgIpc) is 2.55. The van der Waals surface area contributed by atoms with Crippen molar-refractivity contribution in [2.24, 2.45) is 0 Å². The minimum Gasteiger partial charge on any atom is -0.496 e. The number of pyridine rings is 1. The summed E-state index contributed by atoms with van der Waals surface area (Å²) in [5.41, 5.74) is -3.28. The fraction of sp³-hybridized carbons (Fsp3) is 0.450. The van der Waals surface area contributed by atoms with Gasteiger partial charge in [0, 0.05) is 23.9 Å². The van der Waals surface area contributed by atoms with Gasteiger partial charge in [-0.1, -0.05) is 19.9 Å². The van der Waals surface area contributed by atoms with E-state index >= 15 is 0 Å². The quantitative estimate of drug-likeness (QED) is 0.731. The van der Waals surface area contributed by atoms with Crippen LogP contribution in [-0.2, 0) is 11.8 Å². The fourth-order valence-electron chi connectivity index (χ4n) is 3.28.